The highest BCUT2D eigenvalue weighted by atomic mass is 35.5. The Bertz CT molecular complexity index is 2410. The monoisotopic (exact) mass is 821 g/mol. The Balaban J connectivity index is 1.12. The number of ether oxygens (including phenoxy) is 1. The van der Waals surface area contributed by atoms with Crippen LogP contribution in [0.4, 0.5) is 5.82 Å². The highest BCUT2D eigenvalue weighted by molar-refractivity contribution is 6.48. The summed E-state index contributed by atoms with van der Waals surface area (Å²) in [5, 5.41) is 7.66. The van der Waals surface area contributed by atoms with Crippen molar-refractivity contribution < 1.29 is 24.0 Å². The molecule has 0 bridgehead atoms. The molecule has 59 heavy (non-hydrogen) atoms. The molecule has 12 heteroatoms. The summed E-state index contributed by atoms with van der Waals surface area (Å²) in [5.74, 6) is -2.04. The molecule has 3 heterocycles. The zero-order valence-electron chi connectivity index (χ0n) is 31.5. The fourth-order valence-electron chi connectivity index (χ4n) is 7.57. The number of β-lactam (4-membered cyclic amide) rings is 1. The van der Waals surface area contributed by atoms with Gasteiger partial charge in [-0.1, -0.05) is 180 Å². The normalized spacial score (nSPS) is 16.6. The Morgan fingerprint density at radius 3 is 1.75 bits per heavy atom. The Morgan fingerprint density at radius 1 is 0.746 bits per heavy atom. The van der Waals surface area contributed by atoms with Crippen LogP contribution in [0.15, 0.2) is 180 Å². The maximum Gasteiger partial charge on any atom is 0.357 e. The van der Waals surface area contributed by atoms with Crippen molar-refractivity contribution in [3.8, 4) is 0 Å². The third-order valence-electron chi connectivity index (χ3n) is 10.4. The number of benzene rings is 5. The second-order valence-corrected chi connectivity index (χ2v) is 14.9. The van der Waals surface area contributed by atoms with Crippen molar-refractivity contribution in [2.45, 2.75) is 36.6 Å². The molecule has 1 fully saturated rings. The maximum atomic E-state index is 14.5. The zero-order valence-corrected chi connectivity index (χ0v) is 33.0. The molecule has 0 spiro atoms. The second-order valence-electron chi connectivity index (χ2n) is 14.0. The summed E-state index contributed by atoms with van der Waals surface area (Å²) in [5.41, 5.74) is 7.98. The number of aromatic nitrogens is 1. The van der Waals surface area contributed by atoms with Gasteiger partial charge in [0.15, 0.2) is 11.8 Å². The van der Waals surface area contributed by atoms with Gasteiger partial charge in [-0.05, 0) is 36.1 Å². The van der Waals surface area contributed by atoms with Crippen LogP contribution < -0.4 is 11.1 Å². The topological polar surface area (TPSA) is 136 Å². The molecule has 3 N–H and O–H groups in total. The molecular formula is C47H37Cl2N5O5. The summed E-state index contributed by atoms with van der Waals surface area (Å²) in [6, 6.07) is 48.4. The van der Waals surface area contributed by atoms with Gasteiger partial charge in [-0.25, -0.2) is 9.78 Å². The minimum absolute atomic E-state index is 0.0559. The van der Waals surface area contributed by atoms with Crippen molar-refractivity contribution in [3.05, 3.63) is 213 Å². The number of amides is 2. The van der Waals surface area contributed by atoms with E-state index in [1.54, 1.807) is 0 Å². The van der Waals surface area contributed by atoms with Crippen LogP contribution in [0.2, 0.25) is 5.02 Å². The lowest BCUT2D eigenvalue weighted by Gasteiger charge is -2.49. The van der Waals surface area contributed by atoms with Crippen LogP contribution in [0.25, 0.3) is 0 Å². The van der Waals surface area contributed by atoms with Crippen LogP contribution in [0, 0.1) is 0 Å². The van der Waals surface area contributed by atoms with Gasteiger partial charge in [0, 0.05) is 21.7 Å². The molecule has 1 aromatic heterocycles. The van der Waals surface area contributed by atoms with E-state index >= 15 is 0 Å². The predicted octanol–water partition coefficient (Wildman–Crippen LogP) is 8.30. The molecule has 2 aliphatic heterocycles. The first-order valence-electron chi connectivity index (χ1n) is 18.9. The van der Waals surface area contributed by atoms with Crippen LogP contribution in [-0.2, 0) is 29.6 Å². The van der Waals surface area contributed by atoms with Gasteiger partial charge in [0.05, 0.1) is 11.1 Å². The van der Waals surface area contributed by atoms with Crippen molar-refractivity contribution in [2.24, 2.45) is 5.16 Å². The van der Waals surface area contributed by atoms with Gasteiger partial charge in [-0.2, -0.15) is 0 Å². The van der Waals surface area contributed by atoms with Gasteiger partial charge in [-0.15, -0.1) is 0 Å². The lowest BCUT2D eigenvalue weighted by molar-refractivity contribution is -0.158. The number of nitrogen functional groups attached to an aromatic ring is 1. The van der Waals surface area contributed by atoms with Crippen LogP contribution in [-0.4, -0.2) is 45.5 Å². The number of oxime groups is 1. The van der Waals surface area contributed by atoms with E-state index in [2.05, 4.69) is 15.5 Å². The van der Waals surface area contributed by atoms with Crippen molar-refractivity contribution in [3.63, 3.8) is 0 Å². The molecule has 8 rings (SSSR count). The van der Waals surface area contributed by atoms with E-state index in [9.17, 15) is 14.4 Å². The molecule has 5 aromatic carbocycles. The molecule has 6 aromatic rings. The van der Waals surface area contributed by atoms with Crippen LogP contribution >= 0.6 is 23.2 Å². The number of pyridine rings is 1. The van der Waals surface area contributed by atoms with Gasteiger partial charge in [0.2, 0.25) is 5.60 Å². The fraction of sp³-hybridized carbons (Fsp3) is 0.128. The molecule has 2 amide bonds. The van der Waals surface area contributed by atoms with Crippen LogP contribution in [0.3, 0.4) is 0 Å². The van der Waals surface area contributed by atoms with Gasteiger partial charge < -0.3 is 20.6 Å². The number of hydrogen-bond acceptors (Lipinski definition) is 8. The van der Waals surface area contributed by atoms with E-state index in [0.29, 0.717) is 6.42 Å². The van der Waals surface area contributed by atoms with E-state index in [1.165, 1.54) is 17.0 Å². The largest absolute Gasteiger partial charge is 0.448 e. The molecule has 2 atom stereocenters. The molecule has 0 saturated carbocycles. The molecule has 10 nitrogen and oxygen atoms in total. The summed E-state index contributed by atoms with van der Waals surface area (Å²) >= 11 is 13.4. The summed E-state index contributed by atoms with van der Waals surface area (Å²) in [6.45, 7) is 0. The van der Waals surface area contributed by atoms with Gasteiger partial charge in [0.1, 0.15) is 23.3 Å². The third-order valence-corrected chi connectivity index (χ3v) is 11.1. The van der Waals surface area contributed by atoms with Gasteiger partial charge in [0.25, 0.3) is 11.8 Å². The van der Waals surface area contributed by atoms with Crippen molar-refractivity contribution in [1.29, 1.82) is 0 Å². The third kappa shape index (κ3) is 7.68. The second kappa shape index (κ2) is 17.0. The fourth-order valence-corrected chi connectivity index (χ4v) is 8.04. The lowest BCUT2D eigenvalue weighted by atomic mass is 9.80. The number of esters is 1. The average Bonchev–Trinajstić information content (AvgIpc) is 3.28. The molecular weight excluding hydrogens is 785 g/mol. The van der Waals surface area contributed by atoms with E-state index < -0.39 is 41.6 Å². The van der Waals surface area contributed by atoms with Gasteiger partial charge >= 0.3 is 5.97 Å². The highest BCUT2D eigenvalue weighted by Crippen LogP contribution is 2.42. The van der Waals surface area contributed by atoms with E-state index in [4.69, 9.17) is 38.5 Å². The summed E-state index contributed by atoms with van der Waals surface area (Å²) in [4.78, 5) is 54.9. The van der Waals surface area contributed by atoms with Crippen LogP contribution in [0.5, 0.6) is 0 Å². The SMILES string of the molecule is Nc1ccc(Cl)c(/C(=N/OC(c2ccccc2)(c2ccccc2)c2ccccc2)C(=O)NC2C(=O)N3C(C(=O)OC(c4ccccc4)c4ccccc4)=C(Cl)CCC23)n1. The smallest absolute Gasteiger partial charge is 0.357 e. The number of carbonyl (C=O) groups is 3. The molecule has 1 saturated heterocycles. The highest BCUT2D eigenvalue weighted by Gasteiger charge is 2.54. The summed E-state index contributed by atoms with van der Waals surface area (Å²) in [6.07, 6.45) is -0.126. The number of nitrogens with zero attached hydrogens (tertiary/aromatic N) is 3. The average molecular weight is 823 g/mol. The summed E-state index contributed by atoms with van der Waals surface area (Å²) in [7, 11) is 0. The Kier molecular flexibility index (Phi) is 11.3. The number of nitrogens with one attached hydrogen (secondary N) is 1. The first kappa shape index (κ1) is 39.1. The van der Waals surface area contributed by atoms with Crippen molar-refractivity contribution in [2.75, 3.05) is 5.73 Å². The number of allylic oxidation sites excluding steroid dienone is 1. The number of halogens is 2. The first-order chi connectivity index (χ1) is 28.8. The number of carbonyl (C=O) groups excluding carboxylic acids is 3. The number of hydrogen-bond donors (Lipinski definition) is 2. The number of anilines is 1. The Morgan fingerprint density at radius 2 is 1.24 bits per heavy atom. The molecule has 0 radical (unpaired) electrons. The number of rotatable bonds is 12. The summed E-state index contributed by atoms with van der Waals surface area (Å²) < 4.78 is 6.11. The molecule has 2 aliphatic rings. The molecule has 0 aliphatic carbocycles. The predicted molar refractivity (Wildman–Crippen MR) is 226 cm³/mol. The number of fused-ring (bicyclic) bond motifs is 1. The van der Waals surface area contributed by atoms with Gasteiger partial charge in [-0.3, -0.25) is 14.5 Å². The Hall–Kier alpha value is -6.75. The standard InChI is InChI=1S/C47H37Cl2N5O5/c48-35-27-29-38(50)51-39(35)41(53-59-47(32-20-10-3-11-21-32,33-22-12-4-13-23-33)34-24-14-5-15-25-34)44(55)52-40-37-28-26-36(49)42(54(37)45(40)56)46(57)58-43(30-16-6-1-7-17-30)31-18-8-2-9-19-31/h1-25,27,29,37,40,43H,26,28H2,(H2,50,51)(H,52,55)/b53-41-. The first-order valence-corrected chi connectivity index (χ1v) is 19.7. The molecule has 294 valence electrons. The minimum Gasteiger partial charge on any atom is -0.448 e. The van der Waals surface area contributed by atoms with Crippen LogP contribution in [0.1, 0.15) is 52.5 Å². The maximum absolute atomic E-state index is 14.5. The molecule has 2 unspecified atom stereocenters. The minimum atomic E-state index is -1.36. The Labute approximate surface area is 350 Å². The van der Waals surface area contributed by atoms with Crippen molar-refractivity contribution >= 4 is 52.5 Å². The number of nitrogens with two attached hydrogens (primary N) is 1. The van der Waals surface area contributed by atoms with Crippen molar-refractivity contribution in [1.82, 2.24) is 15.2 Å². The zero-order chi connectivity index (χ0) is 40.9. The quantitative estimate of drug-likeness (QED) is 0.0417. The van der Waals surface area contributed by atoms with E-state index in [-0.39, 0.29) is 39.4 Å². The van der Waals surface area contributed by atoms with E-state index in [0.717, 1.165) is 27.8 Å². The van der Waals surface area contributed by atoms with E-state index in [1.807, 2.05) is 152 Å². The lowest BCUT2D eigenvalue weighted by Crippen LogP contribution is -2.72.